The van der Waals surface area contributed by atoms with Gasteiger partial charge in [0.2, 0.25) is 0 Å². The summed E-state index contributed by atoms with van der Waals surface area (Å²) in [4.78, 5) is 0. The standard InChI is InChI=1S/C10H22ClN/c1-4-10(11)6-8-12-7-5-9(2)3/h9-10,12H,4-8H2,1-3H3. The highest BCUT2D eigenvalue weighted by Gasteiger charge is 1.99. The fourth-order valence-corrected chi connectivity index (χ4v) is 1.09. The molecule has 12 heavy (non-hydrogen) atoms. The Morgan fingerprint density at radius 1 is 1.17 bits per heavy atom. The molecule has 0 rings (SSSR count). The molecule has 0 aromatic heterocycles. The van der Waals surface area contributed by atoms with Crippen LogP contribution in [-0.4, -0.2) is 18.5 Å². The third-order valence-corrected chi connectivity index (χ3v) is 2.50. The van der Waals surface area contributed by atoms with Gasteiger partial charge in [0.15, 0.2) is 0 Å². The van der Waals surface area contributed by atoms with Crippen LogP contribution in [0.3, 0.4) is 0 Å². The monoisotopic (exact) mass is 191 g/mol. The minimum Gasteiger partial charge on any atom is -0.317 e. The first kappa shape index (κ1) is 12.2. The lowest BCUT2D eigenvalue weighted by Gasteiger charge is -2.08. The van der Waals surface area contributed by atoms with Gasteiger partial charge in [0.25, 0.3) is 0 Å². The molecule has 0 saturated heterocycles. The molecule has 0 bridgehead atoms. The van der Waals surface area contributed by atoms with E-state index in [4.69, 9.17) is 11.6 Å². The molecule has 2 heteroatoms. The number of hydrogen-bond donors (Lipinski definition) is 1. The van der Waals surface area contributed by atoms with Crippen LogP contribution in [0.5, 0.6) is 0 Å². The summed E-state index contributed by atoms with van der Waals surface area (Å²) < 4.78 is 0. The Kier molecular flexibility index (Phi) is 8.04. The van der Waals surface area contributed by atoms with Gasteiger partial charge in [-0.2, -0.15) is 0 Å². The van der Waals surface area contributed by atoms with Gasteiger partial charge in [-0.1, -0.05) is 20.8 Å². The number of nitrogens with one attached hydrogen (secondary N) is 1. The van der Waals surface area contributed by atoms with Gasteiger partial charge in [0, 0.05) is 5.38 Å². The second kappa shape index (κ2) is 7.88. The summed E-state index contributed by atoms with van der Waals surface area (Å²) in [7, 11) is 0. The van der Waals surface area contributed by atoms with E-state index in [1.54, 1.807) is 0 Å². The maximum absolute atomic E-state index is 5.97. The summed E-state index contributed by atoms with van der Waals surface area (Å²) >= 11 is 5.97. The molecule has 0 aliphatic carbocycles. The Labute approximate surface area is 81.9 Å². The molecule has 0 aromatic rings. The Morgan fingerprint density at radius 2 is 1.75 bits per heavy atom. The van der Waals surface area contributed by atoms with Crippen molar-refractivity contribution in [2.45, 2.75) is 45.4 Å². The van der Waals surface area contributed by atoms with Gasteiger partial charge in [-0.05, 0) is 38.3 Å². The van der Waals surface area contributed by atoms with E-state index in [0.29, 0.717) is 5.38 Å². The van der Waals surface area contributed by atoms with Crippen molar-refractivity contribution >= 4 is 11.6 Å². The molecule has 0 aliphatic heterocycles. The maximum atomic E-state index is 5.97. The lowest BCUT2D eigenvalue weighted by atomic mass is 10.1. The van der Waals surface area contributed by atoms with Crippen LogP contribution in [0, 0.1) is 5.92 Å². The molecule has 0 heterocycles. The normalized spacial score (nSPS) is 13.8. The predicted molar refractivity (Wildman–Crippen MR) is 56.9 cm³/mol. The first-order chi connectivity index (χ1) is 5.66. The van der Waals surface area contributed by atoms with Crippen molar-refractivity contribution in [2.75, 3.05) is 13.1 Å². The Morgan fingerprint density at radius 3 is 2.25 bits per heavy atom. The summed E-state index contributed by atoms with van der Waals surface area (Å²) in [6, 6.07) is 0. The molecule has 74 valence electrons. The van der Waals surface area contributed by atoms with Gasteiger partial charge in [-0.25, -0.2) is 0 Å². The topological polar surface area (TPSA) is 12.0 Å². The van der Waals surface area contributed by atoms with E-state index in [0.717, 1.165) is 31.8 Å². The molecule has 0 fully saturated rings. The van der Waals surface area contributed by atoms with E-state index in [1.165, 1.54) is 6.42 Å². The first-order valence-corrected chi connectivity index (χ1v) is 5.45. The highest BCUT2D eigenvalue weighted by Crippen LogP contribution is 2.04. The zero-order chi connectivity index (χ0) is 9.40. The third-order valence-electron chi connectivity index (χ3n) is 1.98. The summed E-state index contributed by atoms with van der Waals surface area (Å²) in [6.45, 7) is 8.82. The van der Waals surface area contributed by atoms with Crippen LogP contribution in [0.1, 0.15) is 40.0 Å². The molecule has 1 atom stereocenters. The smallest absolute Gasteiger partial charge is 0.0345 e. The SMILES string of the molecule is CCC(Cl)CCNCCC(C)C. The van der Waals surface area contributed by atoms with Gasteiger partial charge in [0.1, 0.15) is 0 Å². The van der Waals surface area contributed by atoms with Crippen LogP contribution in [0.2, 0.25) is 0 Å². The maximum Gasteiger partial charge on any atom is 0.0345 e. The molecule has 0 saturated carbocycles. The van der Waals surface area contributed by atoms with E-state index in [2.05, 4.69) is 26.1 Å². The average molecular weight is 192 g/mol. The van der Waals surface area contributed by atoms with Crippen LogP contribution < -0.4 is 5.32 Å². The van der Waals surface area contributed by atoms with Crippen molar-refractivity contribution in [3.05, 3.63) is 0 Å². The van der Waals surface area contributed by atoms with Crippen LogP contribution in [0.4, 0.5) is 0 Å². The molecule has 0 amide bonds. The average Bonchev–Trinajstić information content (AvgIpc) is 2.03. The molecule has 1 nitrogen and oxygen atoms in total. The van der Waals surface area contributed by atoms with Crippen molar-refractivity contribution in [3.8, 4) is 0 Å². The Hall–Kier alpha value is 0.250. The fraction of sp³-hybridized carbons (Fsp3) is 1.00. The lowest BCUT2D eigenvalue weighted by molar-refractivity contribution is 0.527. The van der Waals surface area contributed by atoms with E-state index >= 15 is 0 Å². The van der Waals surface area contributed by atoms with Crippen molar-refractivity contribution in [1.82, 2.24) is 5.32 Å². The highest BCUT2D eigenvalue weighted by molar-refractivity contribution is 6.20. The molecule has 0 aliphatic rings. The molecule has 1 unspecified atom stereocenters. The number of hydrogen-bond acceptors (Lipinski definition) is 1. The number of rotatable bonds is 7. The Balaban J connectivity index is 3.00. The molecule has 0 aromatic carbocycles. The summed E-state index contributed by atoms with van der Waals surface area (Å²) in [5.41, 5.74) is 0. The second-order valence-corrected chi connectivity index (χ2v) is 4.34. The van der Waals surface area contributed by atoms with Crippen molar-refractivity contribution in [1.29, 1.82) is 0 Å². The molecule has 0 radical (unpaired) electrons. The fourth-order valence-electron chi connectivity index (χ4n) is 0.979. The van der Waals surface area contributed by atoms with E-state index in [9.17, 15) is 0 Å². The van der Waals surface area contributed by atoms with Gasteiger partial charge in [0.05, 0.1) is 0 Å². The number of halogens is 1. The molecule has 1 N–H and O–H groups in total. The zero-order valence-corrected chi connectivity index (χ0v) is 9.32. The quantitative estimate of drug-likeness (QED) is 0.482. The summed E-state index contributed by atoms with van der Waals surface area (Å²) in [5.74, 6) is 0.801. The second-order valence-electron chi connectivity index (χ2n) is 3.73. The Bertz CT molecular complexity index is 93.8. The largest absolute Gasteiger partial charge is 0.317 e. The third kappa shape index (κ3) is 8.35. The van der Waals surface area contributed by atoms with Crippen LogP contribution in [-0.2, 0) is 0 Å². The minimum atomic E-state index is 0.358. The highest BCUT2D eigenvalue weighted by atomic mass is 35.5. The van der Waals surface area contributed by atoms with Crippen LogP contribution in [0.15, 0.2) is 0 Å². The zero-order valence-electron chi connectivity index (χ0n) is 8.57. The molecular weight excluding hydrogens is 170 g/mol. The molecular formula is C10H22ClN. The van der Waals surface area contributed by atoms with Crippen LogP contribution in [0.25, 0.3) is 0 Å². The van der Waals surface area contributed by atoms with E-state index < -0.39 is 0 Å². The van der Waals surface area contributed by atoms with Gasteiger partial charge in [-0.15, -0.1) is 11.6 Å². The summed E-state index contributed by atoms with van der Waals surface area (Å²) in [5, 5.41) is 3.76. The minimum absolute atomic E-state index is 0.358. The summed E-state index contributed by atoms with van der Waals surface area (Å²) in [6.07, 6.45) is 3.43. The van der Waals surface area contributed by atoms with Crippen molar-refractivity contribution in [3.63, 3.8) is 0 Å². The van der Waals surface area contributed by atoms with Crippen molar-refractivity contribution < 1.29 is 0 Å². The lowest BCUT2D eigenvalue weighted by Crippen LogP contribution is -2.20. The van der Waals surface area contributed by atoms with Gasteiger partial charge >= 0.3 is 0 Å². The van der Waals surface area contributed by atoms with E-state index in [-0.39, 0.29) is 0 Å². The predicted octanol–water partition coefficient (Wildman–Crippen LogP) is 3.03. The molecule has 0 spiro atoms. The van der Waals surface area contributed by atoms with Gasteiger partial charge < -0.3 is 5.32 Å². The van der Waals surface area contributed by atoms with Crippen molar-refractivity contribution in [2.24, 2.45) is 5.92 Å². The van der Waals surface area contributed by atoms with Gasteiger partial charge in [-0.3, -0.25) is 0 Å². The van der Waals surface area contributed by atoms with Crippen LogP contribution >= 0.6 is 11.6 Å². The number of alkyl halides is 1. The first-order valence-electron chi connectivity index (χ1n) is 5.01. The van der Waals surface area contributed by atoms with E-state index in [1.807, 2.05) is 0 Å².